The maximum absolute atomic E-state index is 12.0. The van der Waals surface area contributed by atoms with E-state index in [1.54, 1.807) is 29.0 Å². The molecule has 0 unspecified atom stereocenters. The molecule has 2 heterocycles. The number of carbonyl (C=O) groups excluding carboxylic acids is 1. The van der Waals surface area contributed by atoms with E-state index in [-0.39, 0.29) is 12.5 Å². The van der Waals surface area contributed by atoms with Crippen molar-refractivity contribution >= 4 is 28.6 Å². The molecule has 0 aliphatic carbocycles. The highest BCUT2D eigenvalue weighted by molar-refractivity contribution is 7.11. The zero-order valence-corrected chi connectivity index (χ0v) is 12.6. The van der Waals surface area contributed by atoms with Crippen LogP contribution in [0.25, 0.3) is 0 Å². The highest BCUT2D eigenvalue weighted by Crippen LogP contribution is 2.14. The fourth-order valence-corrected chi connectivity index (χ4v) is 2.95. The smallest absolute Gasteiger partial charge is 0.252 e. The Labute approximate surface area is 125 Å². The van der Waals surface area contributed by atoms with Gasteiger partial charge in [-0.1, -0.05) is 11.8 Å². The molecule has 0 atom stereocenters. The molecule has 0 aliphatic heterocycles. The van der Waals surface area contributed by atoms with Gasteiger partial charge in [-0.05, 0) is 13.0 Å². The van der Waals surface area contributed by atoms with Crippen LogP contribution in [0.3, 0.4) is 0 Å². The Kier molecular flexibility index (Phi) is 5.30. The lowest BCUT2D eigenvalue weighted by atomic mass is 10.3. The molecule has 6 heteroatoms. The zero-order valence-electron chi connectivity index (χ0n) is 11.0. The van der Waals surface area contributed by atoms with E-state index in [4.69, 9.17) is 5.11 Å². The first-order valence-corrected chi connectivity index (χ1v) is 7.76. The van der Waals surface area contributed by atoms with Crippen molar-refractivity contribution in [2.45, 2.75) is 19.9 Å². The van der Waals surface area contributed by atoms with Gasteiger partial charge in [-0.3, -0.25) is 4.79 Å². The lowest BCUT2D eigenvalue weighted by Gasteiger charge is -1.99. The molecule has 0 radical (unpaired) electrons. The zero-order chi connectivity index (χ0) is 14.4. The number of thiazole rings is 1. The van der Waals surface area contributed by atoms with Crippen molar-refractivity contribution in [3.8, 4) is 11.8 Å². The van der Waals surface area contributed by atoms with Gasteiger partial charge in [0.15, 0.2) is 0 Å². The number of aliphatic hydroxyl groups is 1. The Hall–Kier alpha value is -1.68. The molecule has 0 saturated carbocycles. The molecular weight excluding hydrogens is 292 g/mol. The number of nitrogens with zero attached hydrogens (tertiary/aromatic N) is 1. The third kappa shape index (κ3) is 4.17. The van der Waals surface area contributed by atoms with Crippen LogP contribution in [0.5, 0.6) is 0 Å². The highest BCUT2D eigenvalue weighted by atomic mass is 32.1. The predicted molar refractivity (Wildman–Crippen MR) is 80.9 cm³/mol. The van der Waals surface area contributed by atoms with Gasteiger partial charge in [-0.15, -0.1) is 22.7 Å². The maximum atomic E-state index is 12.0. The van der Waals surface area contributed by atoms with Crippen LogP contribution in [0, 0.1) is 18.8 Å². The van der Waals surface area contributed by atoms with E-state index in [0.29, 0.717) is 18.5 Å². The second kappa shape index (κ2) is 7.20. The van der Waals surface area contributed by atoms with Crippen LogP contribution in [-0.4, -0.2) is 22.6 Å². The fraction of sp³-hybridized carbons (Fsp3) is 0.286. The molecule has 20 heavy (non-hydrogen) atoms. The minimum absolute atomic E-state index is 0.0545. The lowest BCUT2D eigenvalue weighted by molar-refractivity contribution is 0.0951. The van der Waals surface area contributed by atoms with Crippen molar-refractivity contribution in [3.05, 3.63) is 38.0 Å². The van der Waals surface area contributed by atoms with E-state index in [0.717, 1.165) is 14.8 Å². The number of hydrogen-bond acceptors (Lipinski definition) is 5. The van der Waals surface area contributed by atoms with Crippen LogP contribution in [-0.2, 0) is 6.54 Å². The van der Waals surface area contributed by atoms with E-state index < -0.39 is 0 Å². The van der Waals surface area contributed by atoms with Gasteiger partial charge in [0.2, 0.25) is 0 Å². The second-order valence-electron chi connectivity index (χ2n) is 4.02. The van der Waals surface area contributed by atoms with Crippen LogP contribution < -0.4 is 5.32 Å². The minimum atomic E-state index is -0.121. The summed E-state index contributed by atoms with van der Waals surface area (Å²) in [5, 5.41) is 14.2. The molecule has 0 aromatic carbocycles. The van der Waals surface area contributed by atoms with Gasteiger partial charge in [0.05, 0.1) is 23.6 Å². The molecule has 2 aromatic heterocycles. The van der Waals surface area contributed by atoms with Gasteiger partial charge in [0, 0.05) is 22.9 Å². The van der Waals surface area contributed by atoms with E-state index in [9.17, 15) is 4.79 Å². The van der Waals surface area contributed by atoms with Crippen molar-refractivity contribution in [2.24, 2.45) is 0 Å². The van der Waals surface area contributed by atoms with Crippen molar-refractivity contribution in [2.75, 3.05) is 6.61 Å². The van der Waals surface area contributed by atoms with Crippen LogP contribution in [0.1, 0.15) is 31.5 Å². The topological polar surface area (TPSA) is 62.2 Å². The molecule has 0 saturated heterocycles. The Balaban J connectivity index is 1.91. The molecular formula is C14H14N2O2S2. The van der Waals surface area contributed by atoms with Gasteiger partial charge in [-0.2, -0.15) is 0 Å². The summed E-state index contributed by atoms with van der Waals surface area (Å²) in [6.07, 6.45) is 2.24. The summed E-state index contributed by atoms with van der Waals surface area (Å²) < 4.78 is 0. The number of amides is 1. The summed E-state index contributed by atoms with van der Waals surface area (Å²) in [5.74, 6) is 5.63. The van der Waals surface area contributed by atoms with Crippen LogP contribution in [0.2, 0.25) is 0 Å². The largest absolute Gasteiger partial charge is 0.395 e. The summed E-state index contributed by atoms with van der Waals surface area (Å²) >= 11 is 3.00. The Morgan fingerprint density at radius 3 is 3.10 bits per heavy atom. The quantitative estimate of drug-likeness (QED) is 0.851. The monoisotopic (exact) mass is 306 g/mol. The third-order valence-corrected chi connectivity index (χ3v) is 4.14. The molecule has 2 N–H and O–H groups in total. The SMILES string of the molecule is Cc1cnc(CNC(=O)c2csc(C#CCCO)c2)s1. The first-order valence-electron chi connectivity index (χ1n) is 6.07. The van der Waals surface area contributed by atoms with Gasteiger partial charge < -0.3 is 10.4 Å². The summed E-state index contributed by atoms with van der Waals surface area (Å²) in [6, 6.07) is 1.76. The van der Waals surface area contributed by atoms with Crippen molar-refractivity contribution in [1.82, 2.24) is 10.3 Å². The number of hydrogen-bond donors (Lipinski definition) is 2. The Bertz CT molecular complexity index is 649. The second-order valence-corrected chi connectivity index (χ2v) is 6.25. The molecule has 104 valence electrons. The molecule has 2 aromatic rings. The summed E-state index contributed by atoms with van der Waals surface area (Å²) in [6.45, 7) is 2.48. The lowest BCUT2D eigenvalue weighted by Crippen LogP contribution is -2.22. The normalized spacial score (nSPS) is 9.90. The average molecular weight is 306 g/mol. The number of aromatic nitrogens is 1. The number of carbonyl (C=O) groups is 1. The first-order chi connectivity index (χ1) is 9.69. The van der Waals surface area contributed by atoms with E-state index in [1.165, 1.54) is 11.3 Å². The molecule has 0 fully saturated rings. The summed E-state index contributed by atoms with van der Waals surface area (Å²) in [4.78, 5) is 18.1. The number of rotatable bonds is 4. The molecule has 4 nitrogen and oxygen atoms in total. The third-order valence-electron chi connectivity index (χ3n) is 2.38. The van der Waals surface area contributed by atoms with Crippen LogP contribution in [0.15, 0.2) is 17.6 Å². The first kappa shape index (κ1) is 14.7. The molecule has 2 rings (SSSR count). The van der Waals surface area contributed by atoms with Gasteiger partial charge in [0.25, 0.3) is 5.91 Å². The average Bonchev–Trinajstić information content (AvgIpc) is 3.06. The number of nitrogens with one attached hydrogen (secondary N) is 1. The van der Waals surface area contributed by atoms with E-state index in [1.807, 2.05) is 6.92 Å². The number of aryl methyl sites for hydroxylation is 1. The van der Waals surface area contributed by atoms with E-state index in [2.05, 4.69) is 22.1 Å². The van der Waals surface area contributed by atoms with Gasteiger partial charge >= 0.3 is 0 Å². The number of thiophene rings is 1. The fourth-order valence-electron chi connectivity index (χ4n) is 1.47. The number of aliphatic hydroxyl groups excluding tert-OH is 1. The van der Waals surface area contributed by atoms with Crippen molar-refractivity contribution in [3.63, 3.8) is 0 Å². The standard InChI is InChI=1S/C14H14N2O2S2/c1-10-7-15-13(20-10)8-16-14(18)11-6-12(19-9-11)4-2-3-5-17/h6-7,9,17H,3,5,8H2,1H3,(H,16,18). The Morgan fingerprint density at radius 1 is 1.55 bits per heavy atom. The van der Waals surface area contributed by atoms with Gasteiger partial charge in [0.1, 0.15) is 5.01 Å². The van der Waals surface area contributed by atoms with Gasteiger partial charge in [-0.25, -0.2) is 4.98 Å². The summed E-state index contributed by atoms with van der Waals surface area (Å²) in [5.41, 5.74) is 0.608. The molecule has 0 bridgehead atoms. The molecule has 0 spiro atoms. The van der Waals surface area contributed by atoms with Crippen LogP contribution in [0.4, 0.5) is 0 Å². The van der Waals surface area contributed by atoms with Crippen LogP contribution >= 0.6 is 22.7 Å². The maximum Gasteiger partial charge on any atom is 0.252 e. The molecule has 1 amide bonds. The van der Waals surface area contributed by atoms with Crippen molar-refractivity contribution in [1.29, 1.82) is 0 Å². The molecule has 0 aliphatic rings. The minimum Gasteiger partial charge on any atom is -0.395 e. The Morgan fingerprint density at radius 2 is 2.40 bits per heavy atom. The van der Waals surface area contributed by atoms with Crippen molar-refractivity contribution < 1.29 is 9.90 Å². The van der Waals surface area contributed by atoms with E-state index >= 15 is 0 Å². The summed E-state index contributed by atoms with van der Waals surface area (Å²) in [7, 11) is 0. The highest BCUT2D eigenvalue weighted by Gasteiger charge is 2.08. The predicted octanol–water partition coefficient (Wildman–Crippen LogP) is 2.18.